The Hall–Kier alpha value is -3.38. The zero-order chi connectivity index (χ0) is 21.5. The number of hydrogen-bond donors (Lipinski definition) is 3. The number of methoxy groups -OCH3 is 2. The summed E-state index contributed by atoms with van der Waals surface area (Å²) in [6.45, 7) is 2.06. The third kappa shape index (κ3) is 3.00. The van der Waals surface area contributed by atoms with Gasteiger partial charge in [0, 0.05) is 11.1 Å². The summed E-state index contributed by atoms with van der Waals surface area (Å²) in [7, 11) is 3.18. The number of aromatic hydroxyl groups is 2. The summed E-state index contributed by atoms with van der Waals surface area (Å²) in [6, 6.07) is 15.4. The van der Waals surface area contributed by atoms with E-state index >= 15 is 0 Å². The number of rotatable bonds is 4. The van der Waals surface area contributed by atoms with E-state index in [1.165, 1.54) is 12.1 Å². The summed E-state index contributed by atoms with van der Waals surface area (Å²) in [5, 5.41) is 32.0. The van der Waals surface area contributed by atoms with Gasteiger partial charge in [0.2, 0.25) is 0 Å². The van der Waals surface area contributed by atoms with Crippen LogP contribution in [0.15, 0.2) is 54.6 Å². The third-order valence-corrected chi connectivity index (χ3v) is 5.82. The number of phenolic OH excluding ortho intramolecular Hbond substituents is 2. The van der Waals surface area contributed by atoms with Crippen molar-refractivity contribution >= 4 is 0 Å². The Morgan fingerprint density at radius 2 is 1.67 bits per heavy atom. The van der Waals surface area contributed by atoms with E-state index in [1.807, 2.05) is 25.1 Å². The highest BCUT2D eigenvalue weighted by atomic mass is 16.5. The third-order valence-electron chi connectivity index (χ3n) is 5.82. The molecule has 2 atom stereocenters. The number of phenols is 2. The molecule has 1 aliphatic rings. The van der Waals surface area contributed by atoms with Crippen LogP contribution in [0.2, 0.25) is 0 Å². The minimum absolute atomic E-state index is 0.174. The molecule has 0 saturated carbocycles. The zero-order valence-electron chi connectivity index (χ0n) is 17.0. The highest BCUT2D eigenvalue weighted by Gasteiger charge is 2.47. The summed E-state index contributed by atoms with van der Waals surface area (Å²) in [5.41, 5.74) is 1.27. The van der Waals surface area contributed by atoms with Crippen LogP contribution in [0, 0.1) is 6.92 Å². The van der Waals surface area contributed by atoms with Crippen molar-refractivity contribution in [2.24, 2.45) is 0 Å². The highest BCUT2D eigenvalue weighted by molar-refractivity contribution is 5.58. The molecule has 3 aromatic carbocycles. The first kappa shape index (κ1) is 19.9. The second kappa shape index (κ2) is 7.46. The molecule has 4 rings (SSSR count). The maximum atomic E-state index is 12.2. The quantitative estimate of drug-likeness (QED) is 0.569. The van der Waals surface area contributed by atoms with Crippen LogP contribution in [0.4, 0.5) is 0 Å². The van der Waals surface area contributed by atoms with E-state index in [9.17, 15) is 15.3 Å². The predicted octanol–water partition coefficient (Wildman–Crippen LogP) is 3.84. The molecule has 0 bridgehead atoms. The lowest BCUT2D eigenvalue weighted by molar-refractivity contribution is 0.0101. The van der Waals surface area contributed by atoms with Crippen LogP contribution in [0.1, 0.15) is 28.2 Å². The molecule has 0 radical (unpaired) electrons. The van der Waals surface area contributed by atoms with Crippen LogP contribution in [0.5, 0.6) is 28.7 Å². The van der Waals surface area contributed by atoms with Gasteiger partial charge in [-0.2, -0.15) is 0 Å². The van der Waals surface area contributed by atoms with Crippen molar-refractivity contribution < 1.29 is 29.5 Å². The fourth-order valence-corrected chi connectivity index (χ4v) is 4.15. The average molecular weight is 408 g/mol. The molecule has 0 saturated heterocycles. The number of ether oxygens (including phenoxy) is 3. The van der Waals surface area contributed by atoms with Gasteiger partial charge in [-0.15, -0.1) is 0 Å². The van der Waals surface area contributed by atoms with E-state index in [0.717, 1.165) is 5.56 Å². The molecule has 3 N–H and O–H groups in total. The van der Waals surface area contributed by atoms with Gasteiger partial charge in [-0.3, -0.25) is 0 Å². The summed E-state index contributed by atoms with van der Waals surface area (Å²) in [5.74, 6) is 0.932. The molecule has 6 nitrogen and oxygen atoms in total. The number of aliphatic hydroxyl groups is 1. The standard InChI is InChI=1S/C24H24O6/c1-14-22(29-3)11-9-18-23(14)30-13-19(15-4-10-20(25)21(26)12-15)24(18,27)16-5-7-17(28-2)8-6-16/h4-12,19,25-27H,13H2,1-3H3. The Morgan fingerprint density at radius 1 is 0.933 bits per heavy atom. The van der Waals surface area contributed by atoms with Gasteiger partial charge in [-0.1, -0.05) is 18.2 Å². The van der Waals surface area contributed by atoms with E-state index in [4.69, 9.17) is 14.2 Å². The van der Waals surface area contributed by atoms with Crippen LogP contribution in [0.25, 0.3) is 0 Å². The average Bonchev–Trinajstić information content (AvgIpc) is 2.76. The molecule has 0 spiro atoms. The van der Waals surface area contributed by atoms with Crippen molar-refractivity contribution in [2.75, 3.05) is 20.8 Å². The molecular weight excluding hydrogens is 384 g/mol. The number of benzene rings is 3. The van der Waals surface area contributed by atoms with E-state index < -0.39 is 11.5 Å². The molecule has 1 aliphatic heterocycles. The molecule has 0 aromatic heterocycles. The maximum absolute atomic E-state index is 12.2. The predicted molar refractivity (Wildman–Crippen MR) is 112 cm³/mol. The van der Waals surface area contributed by atoms with Crippen LogP contribution < -0.4 is 14.2 Å². The molecule has 30 heavy (non-hydrogen) atoms. The van der Waals surface area contributed by atoms with Gasteiger partial charge < -0.3 is 29.5 Å². The topological polar surface area (TPSA) is 88.4 Å². The molecule has 0 aliphatic carbocycles. The van der Waals surface area contributed by atoms with Gasteiger partial charge in [0.05, 0.1) is 26.7 Å². The summed E-state index contributed by atoms with van der Waals surface area (Å²) in [4.78, 5) is 0. The Morgan fingerprint density at radius 3 is 2.30 bits per heavy atom. The van der Waals surface area contributed by atoms with Gasteiger partial charge in [0.1, 0.15) is 22.8 Å². The summed E-state index contributed by atoms with van der Waals surface area (Å²) >= 11 is 0. The molecular formula is C24H24O6. The van der Waals surface area contributed by atoms with Gasteiger partial charge >= 0.3 is 0 Å². The SMILES string of the molecule is COc1ccc(C2(O)c3ccc(OC)c(C)c3OCC2c2ccc(O)c(O)c2)cc1. The Balaban J connectivity index is 1.94. The largest absolute Gasteiger partial charge is 0.504 e. The Labute approximate surface area is 174 Å². The lowest BCUT2D eigenvalue weighted by Crippen LogP contribution is -2.42. The van der Waals surface area contributed by atoms with Crippen molar-refractivity contribution in [1.29, 1.82) is 0 Å². The lowest BCUT2D eigenvalue weighted by atomic mass is 9.71. The zero-order valence-corrected chi connectivity index (χ0v) is 17.0. The van der Waals surface area contributed by atoms with E-state index in [-0.39, 0.29) is 18.1 Å². The second-order valence-corrected chi connectivity index (χ2v) is 7.38. The number of hydrogen-bond acceptors (Lipinski definition) is 6. The Kier molecular flexibility index (Phi) is 4.95. The van der Waals surface area contributed by atoms with E-state index in [1.54, 1.807) is 38.5 Å². The van der Waals surface area contributed by atoms with Crippen molar-refractivity contribution in [1.82, 2.24) is 0 Å². The van der Waals surface area contributed by atoms with Gasteiger partial charge in [-0.05, 0) is 54.4 Å². The van der Waals surface area contributed by atoms with Gasteiger partial charge in [0.15, 0.2) is 11.5 Å². The molecule has 2 unspecified atom stereocenters. The molecule has 0 fully saturated rings. The Bertz CT molecular complexity index is 1080. The van der Waals surface area contributed by atoms with Crippen molar-refractivity contribution in [3.8, 4) is 28.7 Å². The van der Waals surface area contributed by atoms with Crippen molar-refractivity contribution in [3.63, 3.8) is 0 Å². The molecule has 6 heteroatoms. The highest BCUT2D eigenvalue weighted by Crippen LogP contribution is 2.52. The first-order valence-corrected chi connectivity index (χ1v) is 9.59. The second-order valence-electron chi connectivity index (χ2n) is 7.38. The van der Waals surface area contributed by atoms with E-state index in [0.29, 0.717) is 33.9 Å². The monoisotopic (exact) mass is 408 g/mol. The van der Waals surface area contributed by atoms with Crippen LogP contribution in [-0.2, 0) is 5.60 Å². The van der Waals surface area contributed by atoms with E-state index in [2.05, 4.69) is 0 Å². The summed E-state index contributed by atoms with van der Waals surface area (Å²) < 4.78 is 16.8. The van der Waals surface area contributed by atoms with Crippen LogP contribution >= 0.6 is 0 Å². The first-order valence-electron chi connectivity index (χ1n) is 9.59. The molecule has 3 aromatic rings. The lowest BCUT2D eigenvalue weighted by Gasteiger charge is -2.42. The normalized spacial score (nSPS) is 20.2. The smallest absolute Gasteiger partial charge is 0.157 e. The van der Waals surface area contributed by atoms with Crippen molar-refractivity contribution in [2.45, 2.75) is 18.4 Å². The minimum atomic E-state index is -1.44. The van der Waals surface area contributed by atoms with Gasteiger partial charge in [0.25, 0.3) is 0 Å². The maximum Gasteiger partial charge on any atom is 0.157 e. The fourth-order valence-electron chi connectivity index (χ4n) is 4.15. The molecule has 156 valence electrons. The number of fused-ring (bicyclic) bond motifs is 1. The van der Waals surface area contributed by atoms with Gasteiger partial charge in [-0.25, -0.2) is 0 Å². The minimum Gasteiger partial charge on any atom is -0.504 e. The van der Waals surface area contributed by atoms with Crippen LogP contribution in [-0.4, -0.2) is 36.1 Å². The first-order chi connectivity index (χ1) is 14.4. The molecule has 1 heterocycles. The van der Waals surface area contributed by atoms with Crippen molar-refractivity contribution in [3.05, 3.63) is 76.9 Å². The summed E-state index contributed by atoms with van der Waals surface area (Å²) in [6.07, 6.45) is 0. The fraction of sp³-hybridized carbons (Fsp3) is 0.250. The van der Waals surface area contributed by atoms with Crippen LogP contribution in [0.3, 0.4) is 0 Å². The molecule has 0 amide bonds.